The Hall–Kier alpha value is -1.68. The number of unbranched alkanes of at least 4 members (excludes halogenated alkanes) is 1. The van der Waals surface area contributed by atoms with Crippen molar-refractivity contribution in [1.29, 1.82) is 0 Å². The summed E-state index contributed by atoms with van der Waals surface area (Å²) in [7, 11) is 0. The number of hydrogen-bond donors (Lipinski definition) is 3. The number of fused-ring (bicyclic) bond motifs is 1. The van der Waals surface area contributed by atoms with Gasteiger partial charge in [-0.1, -0.05) is 25.5 Å². The molecule has 3 N–H and O–H groups in total. The highest BCUT2D eigenvalue weighted by Crippen LogP contribution is 2.22. The lowest BCUT2D eigenvalue weighted by Crippen LogP contribution is -2.38. The van der Waals surface area contributed by atoms with E-state index < -0.39 is 0 Å². The van der Waals surface area contributed by atoms with Crippen LogP contribution in [0, 0.1) is 5.92 Å². The molecular formula is C22H35IN4O3. The zero-order valence-electron chi connectivity index (χ0n) is 18.0. The number of amides is 2. The maximum absolute atomic E-state index is 12.4. The number of nitrogens with one attached hydrogen (secondary N) is 2. The highest BCUT2D eigenvalue weighted by Gasteiger charge is 2.34. The third-order valence-electron chi connectivity index (χ3n) is 5.07. The largest absolute Gasteiger partial charge is 0.396 e. The van der Waals surface area contributed by atoms with E-state index in [-0.39, 0.29) is 42.4 Å². The number of benzene rings is 1. The van der Waals surface area contributed by atoms with Crippen LogP contribution in [0.2, 0.25) is 0 Å². The van der Waals surface area contributed by atoms with Crippen LogP contribution < -0.4 is 10.6 Å². The van der Waals surface area contributed by atoms with Crippen LogP contribution in [0.4, 0.5) is 0 Å². The van der Waals surface area contributed by atoms with Crippen LogP contribution in [0.5, 0.6) is 0 Å². The van der Waals surface area contributed by atoms with Crippen molar-refractivity contribution < 1.29 is 14.7 Å². The number of carbonyl (C=O) groups excluding carboxylic acids is 2. The Kier molecular flexibility index (Phi) is 12.6. The van der Waals surface area contributed by atoms with Gasteiger partial charge >= 0.3 is 0 Å². The van der Waals surface area contributed by atoms with Gasteiger partial charge in [-0.25, -0.2) is 0 Å². The molecule has 0 saturated carbocycles. The normalized spacial score (nSPS) is 14.4. The molecule has 0 bridgehead atoms. The molecule has 0 radical (unpaired) electrons. The predicted octanol–water partition coefficient (Wildman–Crippen LogP) is 3.03. The Morgan fingerprint density at radius 2 is 1.73 bits per heavy atom. The molecule has 8 heteroatoms. The van der Waals surface area contributed by atoms with E-state index in [1.165, 1.54) is 4.90 Å². The van der Waals surface area contributed by atoms with E-state index in [1.807, 2.05) is 6.92 Å². The van der Waals surface area contributed by atoms with Gasteiger partial charge in [0.05, 0.1) is 11.1 Å². The van der Waals surface area contributed by atoms with Crippen molar-refractivity contribution in [1.82, 2.24) is 15.5 Å². The minimum absolute atomic E-state index is 0. The highest BCUT2D eigenvalue weighted by atomic mass is 127. The predicted molar refractivity (Wildman–Crippen MR) is 131 cm³/mol. The molecule has 2 rings (SSSR count). The smallest absolute Gasteiger partial charge is 0.261 e. The van der Waals surface area contributed by atoms with Gasteiger partial charge in [0.2, 0.25) is 0 Å². The fraction of sp³-hybridized carbons (Fsp3) is 0.591. The van der Waals surface area contributed by atoms with Crippen molar-refractivity contribution >= 4 is 41.8 Å². The van der Waals surface area contributed by atoms with Crippen molar-refractivity contribution in [2.45, 2.75) is 46.0 Å². The molecule has 1 aliphatic rings. The van der Waals surface area contributed by atoms with Crippen LogP contribution in [0.25, 0.3) is 0 Å². The number of aliphatic imine (C=N–C) groups is 1. The first-order valence-electron chi connectivity index (χ1n) is 10.7. The van der Waals surface area contributed by atoms with Gasteiger partial charge < -0.3 is 15.7 Å². The van der Waals surface area contributed by atoms with E-state index in [0.29, 0.717) is 36.7 Å². The lowest BCUT2D eigenvalue weighted by molar-refractivity contribution is 0.0652. The van der Waals surface area contributed by atoms with E-state index in [0.717, 1.165) is 44.6 Å². The molecule has 1 heterocycles. The quantitative estimate of drug-likeness (QED) is 0.127. The van der Waals surface area contributed by atoms with Crippen LogP contribution in [0.3, 0.4) is 0 Å². The standard InChI is InChI=1S/C22H34N4O3.HI/c1-3-9-17(12-15-27)16-25-22(23-4-2)24-13-7-8-14-26-20(28)18-10-5-6-11-19(18)21(26)29;/h5-6,10-11,17,27H,3-4,7-9,12-16H2,1-2H3,(H2,23,24,25);1H. The summed E-state index contributed by atoms with van der Waals surface area (Å²) >= 11 is 0. The number of rotatable bonds is 12. The molecule has 1 aliphatic heterocycles. The summed E-state index contributed by atoms with van der Waals surface area (Å²) in [6.07, 6.45) is 4.48. The van der Waals surface area contributed by atoms with Crippen LogP contribution in [0.1, 0.15) is 66.7 Å². The molecule has 0 fully saturated rings. The molecule has 2 amide bonds. The Morgan fingerprint density at radius 1 is 1.07 bits per heavy atom. The third-order valence-corrected chi connectivity index (χ3v) is 5.07. The van der Waals surface area contributed by atoms with E-state index in [2.05, 4.69) is 22.5 Å². The number of hydrogen-bond acceptors (Lipinski definition) is 4. The SMILES string of the molecule is CCCC(CCO)CN=C(NCC)NCCCCN1C(=O)c2ccccc2C1=O.I. The number of halogens is 1. The number of carbonyl (C=O) groups is 2. The number of nitrogens with zero attached hydrogens (tertiary/aromatic N) is 2. The molecule has 30 heavy (non-hydrogen) atoms. The van der Waals surface area contributed by atoms with Gasteiger partial charge in [-0.3, -0.25) is 19.5 Å². The zero-order chi connectivity index (χ0) is 21.1. The van der Waals surface area contributed by atoms with E-state index >= 15 is 0 Å². The first-order valence-corrected chi connectivity index (χ1v) is 10.7. The molecule has 0 aliphatic carbocycles. The highest BCUT2D eigenvalue weighted by molar-refractivity contribution is 14.0. The minimum atomic E-state index is -0.195. The van der Waals surface area contributed by atoms with Gasteiger partial charge in [0, 0.05) is 32.8 Å². The number of aliphatic hydroxyl groups is 1. The summed E-state index contributed by atoms with van der Waals surface area (Å²) in [6, 6.07) is 6.98. The number of guanidine groups is 1. The topological polar surface area (TPSA) is 94.0 Å². The molecular weight excluding hydrogens is 495 g/mol. The Morgan fingerprint density at radius 3 is 2.30 bits per heavy atom. The molecule has 1 atom stereocenters. The van der Waals surface area contributed by atoms with Crippen LogP contribution in [-0.4, -0.2) is 60.6 Å². The number of imide groups is 1. The molecule has 1 aromatic carbocycles. The van der Waals surface area contributed by atoms with E-state index in [4.69, 9.17) is 0 Å². The Labute approximate surface area is 196 Å². The van der Waals surface area contributed by atoms with Crippen molar-refractivity contribution in [2.24, 2.45) is 10.9 Å². The van der Waals surface area contributed by atoms with Gasteiger partial charge in [-0.15, -0.1) is 24.0 Å². The van der Waals surface area contributed by atoms with Crippen molar-refractivity contribution in [3.8, 4) is 0 Å². The molecule has 1 unspecified atom stereocenters. The molecule has 0 spiro atoms. The van der Waals surface area contributed by atoms with Gasteiger partial charge in [0.1, 0.15) is 0 Å². The van der Waals surface area contributed by atoms with Crippen LogP contribution in [0.15, 0.2) is 29.3 Å². The summed E-state index contributed by atoms with van der Waals surface area (Å²) < 4.78 is 0. The Bertz CT molecular complexity index is 670. The molecule has 1 aromatic rings. The van der Waals surface area contributed by atoms with Gasteiger partial charge in [0.25, 0.3) is 11.8 Å². The molecule has 0 saturated heterocycles. The Balaban J connectivity index is 0.00000450. The molecule has 168 valence electrons. The van der Waals surface area contributed by atoms with Gasteiger partial charge in [0.15, 0.2) is 5.96 Å². The summed E-state index contributed by atoms with van der Waals surface area (Å²) in [4.78, 5) is 30.7. The lowest BCUT2D eigenvalue weighted by atomic mass is 10.0. The average molecular weight is 530 g/mol. The average Bonchev–Trinajstić information content (AvgIpc) is 2.96. The first-order chi connectivity index (χ1) is 14.1. The minimum Gasteiger partial charge on any atom is -0.396 e. The zero-order valence-corrected chi connectivity index (χ0v) is 20.4. The maximum Gasteiger partial charge on any atom is 0.261 e. The van der Waals surface area contributed by atoms with Crippen LogP contribution in [-0.2, 0) is 0 Å². The summed E-state index contributed by atoms with van der Waals surface area (Å²) in [5.41, 5.74) is 1.00. The van der Waals surface area contributed by atoms with Gasteiger partial charge in [-0.2, -0.15) is 0 Å². The van der Waals surface area contributed by atoms with Gasteiger partial charge in [-0.05, 0) is 50.7 Å². The second-order valence-corrected chi connectivity index (χ2v) is 7.33. The van der Waals surface area contributed by atoms with Crippen LogP contribution >= 0.6 is 24.0 Å². The third kappa shape index (κ3) is 7.54. The summed E-state index contributed by atoms with van der Waals surface area (Å²) in [5.74, 6) is 0.778. The monoisotopic (exact) mass is 530 g/mol. The summed E-state index contributed by atoms with van der Waals surface area (Å²) in [6.45, 7) is 6.98. The second-order valence-electron chi connectivity index (χ2n) is 7.33. The van der Waals surface area contributed by atoms with Crippen molar-refractivity contribution in [2.75, 3.05) is 32.8 Å². The fourth-order valence-electron chi connectivity index (χ4n) is 3.52. The summed E-state index contributed by atoms with van der Waals surface area (Å²) in [5, 5.41) is 15.7. The van der Waals surface area contributed by atoms with E-state index in [9.17, 15) is 14.7 Å². The maximum atomic E-state index is 12.4. The fourth-order valence-corrected chi connectivity index (χ4v) is 3.52. The van der Waals surface area contributed by atoms with Crippen molar-refractivity contribution in [3.05, 3.63) is 35.4 Å². The molecule has 0 aromatic heterocycles. The number of aliphatic hydroxyl groups excluding tert-OH is 1. The lowest BCUT2D eigenvalue weighted by Gasteiger charge is -2.16. The molecule has 7 nitrogen and oxygen atoms in total. The second kappa shape index (κ2) is 14.3. The van der Waals surface area contributed by atoms with Crippen molar-refractivity contribution in [3.63, 3.8) is 0 Å². The van der Waals surface area contributed by atoms with E-state index in [1.54, 1.807) is 24.3 Å². The first kappa shape index (κ1) is 26.4.